The standard InChI is InChI=1S/C23H35NO2/c1-2-26-22-17-13-12-14-20(22)18-19-23(25)24-21-15-10-8-6-4-3-5-7-9-11-16-21/h12-14,17-19,21H,2-11,15-16H2,1H3,(H,24,25)/b19-18+. The average molecular weight is 358 g/mol. The number of benzene rings is 1. The van der Waals surface area contributed by atoms with Crippen molar-refractivity contribution >= 4 is 12.0 Å². The van der Waals surface area contributed by atoms with Crippen LogP contribution in [-0.2, 0) is 4.79 Å². The molecule has 0 spiro atoms. The largest absolute Gasteiger partial charge is 0.493 e. The quantitative estimate of drug-likeness (QED) is 0.667. The highest BCUT2D eigenvalue weighted by atomic mass is 16.5. The topological polar surface area (TPSA) is 38.3 Å². The van der Waals surface area contributed by atoms with Gasteiger partial charge in [0.1, 0.15) is 5.75 Å². The molecular formula is C23H35NO2. The monoisotopic (exact) mass is 357 g/mol. The van der Waals surface area contributed by atoms with Gasteiger partial charge in [0.15, 0.2) is 0 Å². The molecule has 0 bridgehead atoms. The van der Waals surface area contributed by atoms with E-state index in [4.69, 9.17) is 4.74 Å². The van der Waals surface area contributed by atoms with Gasteiger partial charge in [-0.2, -0.15) is 0 Å². The van der Waals surface area contributed by atoms with Crippen molar-refractivity contribution in [3.05, 3.63) is 35.9 Å². The van der Waals surface area contributed by atoms with E-state index in [1.807, 2.05) is 37.3 Å². The lowest BCUT2D eigenvalue weighted by molar-refractivity contribution is -0.117. The zero-order chi connectivity index (χ0) is 18.5. The molecule has 1 fully saturated rings. The molecule has 1 N–H and O–H groups in total. The van der Waals surface area contributed by atoms with Crippen molar-refractivity contribution in [2.45, 2.75) is 83.6 Å². The number of hydrogen-bond acceptors (Lipinski definition) is 2. The van der Waals surface area contributed by atoms with E-state index in [1.54, 1.807) is 6.08 Å². The second kappa shape index (κ2) is 12.6. The first-order chi connectivity index (χ1) is 12.8. The summed E-state index contributed by atoms with van der Waals surface area (Å²) in [4.78, 5) is 12.4. The van der Waals surface area contributed by atoms with Gasteiger partial charge in [-0.05, 0) is 31.9 Å². The molecule has 1 aliphatic carbocycles. The van der Waals surface area contributed by atoms with E-state index >= 15 is 0 Å². The molecule has 26 heavy (non-hydrogen) atoms. The van der Waals surface area contributed by atoms with Crippen LogP contribution < -0.4 is 10.1 Å². The Kier molecular flexibility index (Phi) is 9.92. The van der Waals surface area contributed by atoms with Crippen molar-refractivity contribution < 1.29 is 9.53 Å². The summed E-state index contributed by atoms with van der Waals surface area (Å²) in [7, 11) is 0. The number of carbonyl (C=O) groups is 1. The van der Waals surface area contributed by atoms with Gasteiger partial charge in [0, 0.05) is 17.7 Å². The summed E-state index contributed by atoms with van der Waals surface area (Å²) in [5.41, 5.74) is 0.947. The number of carbonyl (C=O) groups excluding carboxylic acids is 1. The Morgan fingerprint density at radius 2 is 1.58 bits per heavy atom. The van der Waals surface area contributed by atoms with E-state index in [0.29, 0.717) is 12.6 Å². The van der Waals surface area contributed by atoms with E-state index in [9.17, 15) is 4.79 Å². The lowest BCUT2D eigenvalue weighted by Crippen LogP contribution is -2.33. The van der Waals surface area contributed by atoms with Crippen LogP contribution in [0.15, 0.2) is 30.3 Å². The molecule has 1 saturated carbocycles. The molecule has 144 valence electrons. The van der Waals surface area contributed by atoms with Gasteiger partial charge in [0.25, 0.3) is 0 Å². The first kappa shape index (κ1) is 20.5. The smallest absolute Gasteiger partial charge is 0.244 e. The van der Waals surface area contributed by atoms with Crippen LogP contribution in [0.4, 0.5) is 0 Å². The molecule has 0 aromatic heterocycles. The summed E-state index contributed by atoms with van der Waals surface area (Å²) in [6.07, 6.45) is 17.6. The van der Waals surface area contributed by atoms with Gasteiger partial charge in [-0.3, -0.25) is 4.79 Å². The molecule has 3 heteroatoms. The van der Waals surface area contributed by atoms with Crippen LogP contribution in [0.1, 0.15) is 83.1 Å². The van der Waals surface area contributed by atoms with E-state index in [2.05, 4.69) is 5.32 Å². The van der Waals surface area contributed by atoms with Crippen LogP contribution in [-0.4, -0.2) is 18.6 Å². The second-order valence-electron chi connectivity index (χ2n) is 7.27. The first-order valence-corrected chi connectivity index (χ1v) is 10.5. The third-order valence-electron chi connectivity index (χ3n) is 5.08. The van der Waals surface area contributed by atoms with Crippen molar-refractivity contribution in [2.75, 3.05) is 6.61 Å². The van der Waals surface area contributed by atoms with Crippen molar-refractivity contribution in [1.82, 2.24) is 5.32 Å². The molecule has 1 amide bonds. The minimum Gasteiger partial charge on any atom is -0.493 e. The van der Waals surface area contributed by atoms with Gasteiger partial charge >= 0.3 is 0 Å². The second-order valence-corrected chi connectivity index (χ2v) is 7.27. The fourth-order valence-electron chi connectivity index (χ4n) is 3.63. The number of para-hydroxylation sites is 1. The predicted molar refractivity (Wildman–Crippen MR) is 109 cm³/mol. The normalized spacial score (nSPS) is 18.0. The van der Waals surface area contributed by atoms with Crippen LogP contribution in [0, 0.1) is 0 Å². The molecule has 0 aliphatic heterocycles. The van der Waals surface area contributed by atoms with Crippen molar-refractivity contribution in [2.24, 2.45) is 0 Å². The summed E-state index contributed by atoms with van der Waals surface area (Å²) < 4.78 is 5.61. The van der Waals surface area contributed by atoms with Gasteiger partial charge in [-0.1, -0.05) is 76.0 Å². The number of rotatable bonds is 5. The Hall–Kier alpha value is -1.77. The summed E-state index contributed by atoms with van der Waals surface area (Å²) in [5, 5.41) is 3.23. The molecule has 0 unspecified atom stereocenters. The molecule has 0 heterocycles. The number of nitrogens with one attached hydrogen (secondary N) is 1. The Bertz CT molecular complexity index is 541. The van der Waals surface area contributed by atoms with Crippen molar-refractivity contribution in [3.63, 3.8) is 0 Å². The summed E-state index contributed by atoms with van der Waals surface area (Å²) in [6, 6.07) is 8.15. The number of hydrogen-bond donors (Lipinski definition) is 1. The van der Waals surface area contributed by atoms with Gasteiger partial charge < -0.3 is 10.1 Å². The Morgan fingerprint density at radius 1 is 1.00 bits per heavy atom. The highest BCUT2D eigenvalue weighted by molar-refractivity contribution is 5.92. The van der Waals surface area contributed by atoms with Crippen LogP contribution in [0.5, 0.6) is 5.75 Å². The van der Waals surface area contributed by atoms with Crippen molar-refractivity contribution in [1.29, 1.82) is 0 Å². The number of ether oxygens (including phenoxy) is 1. The molecular weight excluding hydrogens is 322 g/mol. The van der Waals surface area contributed by atoms with Crippen LogP contribution in [0.25, 0.3) is 6.08 Å². The zero-order valence-electron chi connectivity index (χ0n) is 16.3. The molecule has 0 saturated heterocycles. The molecule has 3 nitrogen and oxygen atoms in total. The van der Waals surface area contributed by atoms with Gasteiger partial charge in [-0.15, -0.1) is 0 Å². The highest BCUT2D eigenvalue weighted by Crippen LogP contribution is 2.20. The molecule has 0 radical (unpaired) electrons. The van der Waals surface area contributed by atoms with Gasteiger partial charge in [0.2, 0.25) is 5.91 Å². The average Bonchev–Trinajstić information content (AvgIpc) is 2.63. The van der Waals surface area contributed by atoms with Crippen LogP contribution in [0.3, 0.4) is 0 Å². The SMILES string of the molecule is CCOc1ccccc1/C=C/C(=O)NC1CCCCCCCCCCC1. The predicted octanol–water partition coefficient (Wildman–Crippen LogP) is 5.89. The highest BCUT2D eigenvalue weighted by Gasteiger charge is 2.11. The Labute approximate surface area is 159 Å². The van der Waals surface area contributed by atoms with Crippen LogP contribution >= 0.6 is 0 Å². The molecule has 1 aromatic carbocycles. The fourth-order valence-corrected chi connectivity index (χ4v) is 3.63. The van der Waals surface area contributed by atoms with E-state index in [1.165, 1.54) is 57.8 Å². The number of amides is 1. The van der Waals surface area contributed by atoms with E-state index in [-0.39, 0.29) is 5.91 Å². The van der Waals surface area contributed by atoms with Gasteiger partial charge in [0.05, 0.1) is 6.61 Å². The summed E-state index contributed by atoms with van der Waals surface area (Å²) in [6.45, 7) is 2.59. The van der Waals surface area contributed by atoms with E-state index < -0.39 is 0 Å². The summed E-state index contributed by atoms with van der Waals surface area (Å²) in [5.74, 6) is 0.832. The molecule has 1 aromatic rings. The minimum absolute atomic E-state index is 0.00777. The fraction of sp³-hybridized carbons (Fsp3) is 0.609. The van der Waals surface area contributed by atoms with Crippen LogP contribution in [0.2, 0.25) is 0 Å². The van der Waals surface area contributed by atoms with E-state index in [0.717, 1.165) is 24.2 Å². The Morgan fingerprint density at radius 3 is 2.19 bits per heavy atom. The lowest BCUT2D eigenvalue weighted by atomic mass is 9.98. The molecule has 0 atom stereocenters. The maximum Gasteiger partial charge on any atom is 0.244 e. The molecule has 2 rings (SSSR count). The molecule has 1 aliphatic rings. The lowest BCUT2D eigenvalue weighted by Gasteiger charge is -2.18. The first-order valence-electron chi connectivity index (χ1n) is 10.5. The Balaban J connectivity index is 1.87. The van der Waals surface area contributed by atoms with Crippen molar-refractivity contribution in [3.8, 4) is 5.75 Å². The maximum absolute atomic E-state index is 12.4. The third-order valence-corrected chi connectivity index (χ3v) is 5.08. The maximum atomic E-state index is 12.4. The zero-order valence-corrected chi connectivity index (χ0v) is 16.3. The third kappa shape index (κ3) is 8.07. The van der Waals surface area contributed by atoms with Gasteiger partial charge in [-0.25, -0.2) is 0 Å². The minimum atomic E-state index is 0.00777. The summed E-state index contributed by atoms with van der Waals surface area (Å²) >= 11 is 0.